The van der Waals surface area contributed by atoms with Gasteiger partial charge in [0.15, 0.2) is 0 Å². The number of carbonyl (C=O) groups excluding carboxylic acids is 2. The van der Waals surface area contributed by atoms with Gasteiger partial charge < -0.3 is 15.1 Å². The van der Waals surface area contributed by atoms with E-state index in [1.54, 1.807) is 30.3 Å². The molecule has 0 radical (unpaired) electrons. The summed E-state index contributed by atoms with van der Waals surface area (Å²) in [6.07, 6.45) is 2.66. The molecule has 0 bridgehead atoms. The van der Waals surface area contributed by atoms with Crippen molar-refractivity contribution >= 4 is 41.2 Å². The van der Waals surface area contributed by atoms with E-state index in [2.05, 4.69) is 15.1 Å². The zero-order chi connectivity index (χ0) is 20.1. The lowest BCUT2D eigenvalue weighted by molar-refractivity contribution is 0.0626. The van der Waals surface area contributed by atoms with Crippen LogP contribution in [0.15, 0.2) is 41.8 Å². The van der Waals surface area contributed by atoms with Gasteiger partial charge in [-0.1, -0.05) is 6.07 Å². The summed E-state index contributed by atoms with van der Waals surface area (Å²) in [5, 5.41) is 4.75. The molecular weight excluding hydrogens is 420 g/mol. The largest absolute Gasteiger partial charge is 0.336 e. The maximum absolute atomic E-state index is 12.8. The van der Waals surface area contributed by atoms with Gasteiger partial charge in [0.1, 0.15) is 0 Å². The molecule has 2 saturated heterocycles. The zero-order valence-electron chi connectivity index (χ0n) is 17.1. The molecule has 0 atom stereocenters. The van der Waals surface area contributed by atoms with Crippen LogP contribution in [0.3, 0.4) is 0 Å². The van der Waals surface area contributed by atoms with Crippen LogP contribution in [0.5, 0.6) is 0 Å². The number of likely N-dealkylation sites (tertiary alicyclic amines) is 1. The van der Waals surface area contributed by atoms with Gasteiger partial charge in [-0.2, -0.15) is 0 Å². The summed E-state index contributed by atoms with van der Waals surface area (Å²) in [5.74, 6) is -0.0514. The number of amides is 2. The first-order valence-electron chi connectivity index (χ1n) is 10.4. The van der Waals surface area contributed by atoms with E-state index in [0.29, 0.717) is 16.1 Å². The van der Waals surface area contributed by atoms with Gasteiger partial charge in [-0.05, 0) is 61.6 Å². The molecule has 2 fully saturated rings. The first-order chi connectivity index (χ1) is 14.2. The van der Waals surface area contributed by atoms with Gasteiger partial charge in [-0.3, -0.25) is 14.5 Å². The van der Waals surface area contributed by atoms with E-state index in [1.165, 1.54) is 37.3 Å². The molecular formula is C22H29ClN4O2S. The highest BCUT2D eigenvalue weighted by Gasteiger charge is 2.23. The number of anilines is 1. The van der Waals surface area contributed by atoms with Crippen LogP contribution in [0.2, 0.25) is 0 Å². The molecule has 1 aromatic heterocycles. The van der Waals surface area contributed by atoms with Crippen molar-refractivity contribution in [1.29, 1.82) is 0 Å². The normalized spacial score (nSPS) is 17.5. The number of carbonyl (C=O) groups is 2. The Kier molecular flexibility index (Phi) is 8.27. The van der Waals surface area contributed by atoms with Crippen LogP contribution in [0.1, 0.15) is 32.9 Å². The van der Waals surface area contributed by atoms with E-state index in [4.69, 9.17) is 0 Å². The van der Waals surface area contributed by atoms with Crippen LogP contribution in [-0.2, 0) is 0 Å². The minimum atomic E-state index is -0.121. The van der Waals surface area contributed by atoms with Gasteiger partial charge in [0.05, 0.1) is 4.88 Å². The maximum atomic E-state index is 12.8. The standard InChI is InChI=1S/C22H28N4O2S.ClH/c27-21(20-4-3-17-29-20)23-19-7-5-18(6-8-19)22(28)26-15-13-25(14-16-26)12-11-24-9-1-2-10-24;/h3-8,17H,1-2,9-16H2,(H,23,27);1H. The zero-order valence-corrected chi connectivity index (χ0v) is 18.7. The van der Waals surface area contributed by atoms with Gasteiger partial charge >= 0.3 is 0 Å². The fraction of sp³-hybridized carbons (Fsp3) is 0.455. The maximum Gasteiger partial charge on any atom is 0.265 e. The molecule has 2 aliphatic rings. The topological polar surface area (TPSA) is 55.9 Å². The van der Waals surface area contributed by atoms with Crippen LogP contribution in [0, 0.1) is 0 Å². The molecule has 0 unspecified atom stereocenters. The van der Waals surface area contributed by atoms with Gasteiger partial charge in [-0.15, -0.1) is 23.7 Å². The van der Waals surface area contributed by atoms with Crippen molar-refractivity contribution in [2.24, 2.45) is 0 Å². The SMILES string of the molecule is Cl.O=C(Nc1ccc(C(=O)N2CCN(CCN3CCCC3)CC2)cc1)c1cccs1. The molecule has 8 heteroatoms. The number of benzene rings is 1. The highest BCUT2D eigenvalue weighted by Crippen LogP contribution is 2.16. The van der Waals surface area contributed by atoms with Crippen LogP contribution >= 0.6 is 23.7 Å². The third kappa shape index (κ3) is 5.82. The molecule has 0 saturated carbocycles. The van der Waals surface area contributed by atoms with E-state index < -0.39 is 0 Å². The van der Waals surface area contributed by atoms with E-state index in [9.17, 15) is 9.59 Å². The monoisotopic (exact) mass is 448 g/mol. The van der Waals surface area contributed by atoms with Crippen LogP contribution in [0.4, 0.5) is 5.69 Å². The molecule has 0 aliphatic carbocycles. The first kappa shape index (κ1) is 22.7. The van der Waals surface area contributed by atoms with Crippen molar-refractivity contribution in [1.82, 2.24) is 14.7 Å². The first-order valence-corrected chi connectivity index (χ1v) is 11.3. The summed E-state index contributed by atoms with van der Waals surface area (Å²) >= 11 is 1.41. The van der Waals surface area contributed by atoms with Crippen molar-refractivity contribution in [3.63, 3.8) is 0 Å². The van der Waals surface area contributed by atoms with E-state index >= 15 is 0 Å². The molecule has 2 amide bonds. The summed E-state index contributed by atoms with van der Waals surface area (Å²) in [7, 11) is 0. The van der Waals surface area contributed by atoms with Crippen molar-refractivity contribution in [3.8, 4) is 0 Å². The summed E-state index contributed by atoms with van der Waals surface area (Å²) in [4.78, 5) is 32.5. The molecule has 162 valence electrons. The quantitative estimate of drug-likeness (QED) is 0.736. The molecule has 2 aromatic rings. The summed E-state index contributed by atoms with van der Waals surface area (Å²) in [6, 6.07) is 10.8. The molecule has 30 heavy (non-hydrogen) atoms. The van der Waals surface area contributed by atoms with Crippen molar-refractivity contribution < 1.29 is 9.59 Å². The van der Waals surface area contributed by atoms with Gasteiger partial charge in [0.2, 0.25) is 0 Å². The number of piperazine rings is 1. The van der Waals surface area contributed by atoms with Gasteiger partial charge in [0, 0.05) is 50.5 Å². The summed E-state index contributed by atoms with van der Waals surface area (Å²) in [5.41, 5.74) is 1.37. The van der Waals surface area contributed by atoms with E-state index in [-0.39, 0.29) is 24.2 Å². The third-order valence-electron chi connectivity index (χ3n) is 5.73. The van der Waals surface area contributed by atoms with Crippen molar-refractivity contribution in [2.75, 3.05) is 57.7 Å². The number of nitrogens with one attached hydrogen (secondary N) is 1. The smallest absolute Gasteiger partial charge is 0.265 e. The van der Waals surface area contributed by atoms with Gasteiger partial charge in [-0.25, -0.2) is 0 Å². The molecule has 6 nitrogen and oxygen atoms in total. The fourth-order valence-corrected chi connectivity index (χ4v) is 4.56. The molecule has 1 aromatic carbocycles. The highest BCUT2D eigenvalue weighted by molar-refractivity contribution is 7.12. The van der Waals surface area contributed by atoms with Crippen LogP contribution < -0.4 is 5.32 Å². The predicted molar refractivity (Wildman–Crippen MR) is 124 cm³/mol. The summed E-state index contributed by atoms with van der Waals surface area (Å²) < 4.78 is 0. The average Bonchev–Trinajstić information content (AvgIpc) is 3.47. The Morgan fingerprint density at radius 2 is 1.50 bits per heavy atom. The number of nitrogens with zero attached hydrogens (tertiary/aromatic N) is 3. The Morgan fingerprint density at radius 1 is 0.867 bits per heavy atom. The number of rotatable bonds is 6. The second kappa shape index (κ2) is 10.9. The second-order valence-corrected chi connectivity index (χ2v) is 8.64. The molecule has 4 rings (SSSR count). The lowest BCUT2D eigenvalue weighted by atomic mass is 10.1. The van der Waals surface area contributed by atoms with E-state index in [0.717, 1.165) is 39.3 Å². The fourth-order valence-electron chi connectivity index (χ4n) is 3.94. The molecule has 2 aliphatic heterocycles. The minimum Gasteiger partial charge on any atom is -0.336 e. The highest BCUT2D eigenvalue weighted by atomic mass is 35.5. The Bertz CT molecular complexity index is 814. The third-order valence-corrected chi connectivity index (χ3v) is 6.59. The minimum absolute atomic E-state index is 0. The Balaban J connectivity index is 0.00000256. The van der Waals surface area contributed by atoms with Gasteiger partial charge in [0.25, 0.3) is 11.8 Å². The molecule has 0 spiro atoms. The van der Waals surface area contributed by atoms with E-state index in [1.807, 2.05) is 16.3 Å². The molecule has 1 N–H and O–H groups in total. The molecule has 3 heterocycles. The van der Waals surface area contributed by atoms with Crippen molar-refractivity contribution in [2.45, 2.75) is 12.8 Å². The average molecular weight is 449 g/mol. The number of halogens is 1. The number of hydrogen-bond acceptors (Lipinski definition) is 5. The van der Waals surface area contributed by atoms with Crippen molar-refractivity contribution in [3.05, 3.63) is 52.2 Å². The lowest BCUT2D eigenvalue weighted by Crippen LogP contribution is -2.50. The Labute approximate surface area is 188 Å². The predicted octanol–water partition coefficient (Wildman–Crippen LogP) is 3.28. The lowest BCUT2D eigenvalue weighted by Gasteiger charge is -2.35. The van der Waals surface area contributed by atoms with Crippen LogP contribution in [-0.4, -0.2) is 78.9 Å². The Hall–Kier alpha value is -1.93. The van der Waals surface area contributed by atoms with Crippen LogP contribution in [0.25, 0.3) is 0 Å². The Morgan fingerprint density at radius 3 is 2.10 bits per heavy atom. The summed E-state index contributed by atoms with van der Waals surface area (Å²) in [6.45, 7) is 8.15. The number of hydrogen-bond donors (Lipinski definition) is 1. The number of thiophene rings is 1. The second-order valence-electron chi connectivity index (χ2n) is 7.69.